The van der Waals surface area contributed by atoms with Crippen molar-refractivity contribution in [1.82, 2.24) is 15.5 Å². The van der Waals surface area contributed by atoms with E-state index in [4.69, 9.17) is 10.9 Å². The molecule has 0 spiro atoms. The van der Waals surface area contributed by atoms with E-state index in [-0.39, 0.29) is 11.7 Å². The van der Waals surface area contributed by atoms with E-state index < -0.39 is 6.04 Å². The monoisotopic (exact) mass is 259 g/mol. The fraction of sp³-hybridized carbons (Fsp3) is 0.0833. The molecule has 1 heterocycles. The number of H-pyrrole nitrogens is 1. The molecule has 0 saturated heterocycles. The molecular formula is C12H13N5O2. The predicted octanol–water partition coefficient (Wildman–Crippen LogP) is 0.627. The van der Waals surface area contributed by atoms with Gasteiger partial charge in [-0.25, -0.2) is 0 Å². The van der Waals surface area contributed by atoms with Crippen LogP contribution in [0.4, 0.5) is 0 Å². The molecule has 0 aliphatic rings. The number of hydrogen-bond acceptors (Lipinski definition) is 4. The second kappa shape index (κ2) is 5.67. The summed E-state index contributed by atoms with van der Waals surface area (Å²) in [6.45, 7) is 0. The first-order chi connectivity index (χ1) is 9.22. The molecule has 98 valence electrons. The maximum absolute atomic E-state index is 11.9. The Hall–Kier alpha value is -2.83. The van der Waals surface area contributed by atoms with E-state index in [0.717, 1.165) is 5.56 Å². The Kier molecular flexibility index (Phi) is 3.77. The Morgan fingerprint density at radius 2 is 2.16 bits per heavy atom. The molecule has 7 heteroatoms. The van der Waals surface area contributed by atoms with E-state index in [9.17, 15) is 4.79 Å². The van der Waals surface area contributed by atoms with Crippen molar-refractivity contribution in [2.75, 3.05) is 0 Å². The van der Waals surface area contributed by atoms with Crippen LogP contribution in [0, 0.1) is 0 Å². The molecule has 0 fully saturated rings. The Morgan fingerprint density at radius 1 is 1.42 bits per heavy atom. The Bertz CT molecular complexity index is 565. The van der Waals surface area contributed by atoms with Gasteiger partial charge in [-0.05, 0) is 5.56 Å². The van der Waals surface area contributed by atoms with Crippen LogP contribution in [-0.4, -0.2) is 27.1 Å². The topological polar surface area (TPSA) is 116 Å². The molecule has 0 aliphatic heterocycles. The smallest absolute Gasteiger partial charge is 0.255 e. The number of aromatic amines is 1. The van der Waals surface area contributed by atoms with Crippen LogP contribution in [0.5, 0.6) is 0 Å². The van der Waals surface area contributed by atoms with Gasteiger partial charge in [0.2, 0.25) is 0 Å². The molecule has 1 atom stereocenters. The molecule has 1 unspecified atom stereocenters. The zero-order valence-electron chi connectivity index (χ0n) is 9.95. The number of nitrogens with two attached hydrogens (primary N) is 1. The van der Waals surface area contributed by atoms with Gasteiger partial charge >= 0.3 is 0 Å². The molecule has 0 radical (unpaired) electrons. The average Bonchev–Trinajstić information content (AvgIpc) is 2.99. The van der Waals surface area contributed by atoms with Gasteiger partial charge in [0.25, 0.3) is 5.91 Å². The van der Waals surface area contributed by atoms with E-state index in [0.29, 0.717) is 5.56 Å². The van der Waals surface area contributed by atoms with Crippen LogP contribution >= 0.6 is 0 Å². The van der Waals surface area contributed by atoms with Gasteiger partial charge in [0.1, 0.15) is 6.04 Å². The number of rotatable bonds is 4. The highest BCUT2D eigenvalue weighted by Gasteiger charge is 2.20. The first kappa shape index (κ1) is 12.6. The number of aromatic nitrogens is 2. The SMILES string of the molecule is NC(=NO)C(NC(=O)c1cn[nH]c1)c1ccccc1. The molecule has 7 nitrogen and oxygen atoms in total. The van der Waals surface area contributed by atoms with Crippen LogP contribution in [0.2, 0.25) is 0 Å². The Morgan fingerprint density at radius 3 is 2.74 bits per heavy atom. The van der Waals surface area contributed by atoms with Gasteiger partial charge in [0, 0.05) is 6.20 Å². The molecule has 2 aromatic rings. The highest BCUT2D eigenvalue weighted by Crippen LogP contribution is 2.13. The summed E-state index contributed by atoms with van der Waals surface area (Å²) in [4.78, 5) is 11.9. The summed E-state index contributed by atoms with van der Waals surface area (Å²) in [5.74, 6) is -0.461. The van der Waals surface area contributed by atoms with Crippen LogP contribution in [0.25, 0.3) is 0 Å². The molecule has 5 N–H and O–H groups in total. The number of nitrogens with one attached hydrogen (secondary N) is 2. The van der Waals surface area contributed by atoms with Crippen LogP contribution in [0.3, 0.4) is 0 Å². The zero-order chi connectivity index (χ0) is 13.7. The number of carbonyl (C=O) groups excluding carboxylic acids is 1. The van der Waals surface area contributed by atoms with Gasteiger partial charge in [0.05, 0.1) is 11.8 Å². The number of amides is 1. The number of nitrogens with zero attached hydrogens (tertiary/aromatic N) is 2. The third kappa shape index (κ3) is 2.89. The van der Waals surface area contributed by atoms with E-state index >= 15 is 0 Å². The van der Waals surface area contributed by atoms with Gasteiger partial charge in [-0.15, -0.1) is 0 Å². The summed E-state index contributed by atoms with van der Waals surface area (Å²) in [5.41, 5.74) is 6.70. The van der Waals surface area contributed by atoms with E-state index in [1.807, 2.05) is 6.07 Å². The highest BCUT2D eigenvalue weighted by molar-refractivity contribution is 5.98. The number of carbonyl (C=O) groups is 1. The Balaban J connectivity index is 2.23. The van der Waals surface area contributed by atoms with Gasteiger partial charge < -0.3 is 16.3 Å². The third-order valence-electron chi connectivity index (χ3n) is 2.58. The molecule has 0 aliphatic carbocycles. The lowest BCUT2D eigenvalue weighted by molar-refractivity contribution is 0.0946. The van der Waals surface area contributed by atoms with Crippen molar-refractivity contribution in [3.05, 3.63) is 53.9 Å². The fourth-order valence-electron chi connectivity index (χ4n) is 1.62. The van der Waals surface area contributed by atoms with Crippen molar-refractivity contribution in [1.29, 1.82) is 0 Å². The first-order valence-electron chi connectivity index (χ1n) is 5.54. The highest BCUT2D eigenvalue weighted by atomic mass is 16.4. The van der Waals surface area contributed by atoms with Crippen LogP contribution in [-0.2, 0) is 0 Å². The minimum atomic E-state index is -0.700. The number of oxime groups is 1. The molecule has 0 saturated carbocycles. The molecule has 19 heavy (non-hydrogen) atoms. The first-order valence-corrected chi connectivity index (χ1v) is 5.54. The molecule has 1 aromatic heterocycles. The average molecular weight is 259 g/mol. The predicted molar refractivity (Wildman–Crippen MR) is 68.6 cm³/mol. The summed E-state index contributed by atoms with van der Waals surface area (Å²) >= 11 is 0. The van der Waals surface area contributed by atoms with Crippen molar-refractivity contribution in [3.63, 3.8) is 0 Å². The molecule has 1 amide bonds. The number of amidine groups is 1. The van der Waals surface area contributed by atoms with Crippen LogP contribution in [0.1, 0.15) is 22.0 Å². The summed E-state index contributed by atoms with van der Waals surface area (Å²) in [5, 5.41) is 20.7. The largest absolute Gasteiger partial charge is 0.409 e. The van der Waals surface area contributed by atoms with Crippen molar-refractivity contribution in [2.45, 2.75) is 6.04 Å². The van der Waals surface area contributed by atoms with Gasteiger partial charge in [-0.3, -0.25) is 9.89 Å². The second-order valence-electron chi connectivity index (χ2n) is 3.83. The van der Waals surface area contributed by atoms with Crippen molar-refractivity contribution >= 4 is 11.7 Å². The van der Waals surface area contributed by atoms with Crippen LogP contribution < -0.4 is 11.1 Å². The molecule has 0 bridgehead atoms. The number of hydrogen-bond donors (Lipinski definition) is 4. The molecule has 2 rings (SSSR count). The van der Waals surface area contributed by atoms with Crippen LogP contribution in [0.15, 0.2) is 47.9 Å². The lowest BCUT2D eigenvalue weighted by Crippen LogP contribution is -2.37. The summed E-state index contributed by atoms with van der Waals surface area (Å²) in [6.07, 6.45) is 2.85. The minimum Gasteiger partial charge on any atom is -0.409 e. The normalized spacial score (nSPS) is 12.9. The summed E-state index contributed by atoms with van der Waals surface area (Å²) < 4.78 is 0. The third-order valence-corrected chi connectivity index (χ3v) is 2.58. The fourth-order valence-corrected chi connectivity index (χ4v) is 1.62. The van der Waals surface area contributed by atoms with E-state index in [2.05, 4.69) is 20.7 Å². The standard InChI is InChI=1S/C12H13N5O2/c13-11(17-19)10(8-4-2-1-3-5-8)16-12(18)9-6-14-15-7-9/h1-7,10,19H,(H2,13,17)(H,14,15)(H,16,18). The van der Waals surface area contributed by atoms with Gasteiger partial charge in [0.15, 0.2) is 5.84 Å². The second-order valence-corrected chi connectivity index (χ2v) is 3.83. The van der Waals surface area contributed by atoms with E-state index in [1.165, 1.54) is 12.4 Å². The lowest BCUT2D eigenvalue weighted by Gasteiger charge is -2.17. The van der Waals surface area contributed by atoms with E-state index in [1.54, 1.807) is 24.3 Å². The zero-order valence-corrected chi connectivity index (χ0v) is 9.95. The number of benzene rings is 1. The van der Waals surface area contributed by atoms with Gasteiger partial charge in [-0.2, -0.15) is 5.10 Å². The molecular weight excluding hydrogens is 246 g/mol. The Labute approximate surface area is 109 Å². The van der Waals surface area contributed by atoms with Crippen molar-refractivity contribution < 1.29 is 10.0 Å². The lowest BCUT2D eigenvalue weighted by atomic mass is 10.1. The van der Waals surface area contributed by atoms with Crippen molar-refractivity contribution in [3.8, 4) is 0 Å². The minimum absolute atomic E-state index is 0.0944. The maximum Gasteiger partial charge on any atom is 0.255 e. The quantitative estimate of drug-likeness (QED) is 0.279. The van der Waals surface area contributed by atoms with Gasteiger partial charge in [-0.1, -0.05) is 35.5 Å². The summed E-state index contributed by atoms with van der Waals surface area (Å²) in [6, 6.07) is 8.30. The maximum atomic E-state index is 11.9. The molecule has 1 aromatic carbocycles. The van der Waals surface area contributed by atoms with Crippen molar-refractivity contribution in [2.24, 2.45) is 10.9 Å². The summed E-state index contributed by atoms with van der Waals surface area (Å²) in [7, 11) is 0.